The first kappa shape index (κ1) is 7.80. The van der Waals surface area contributed by atoms with Crippen LogP contribution in [0.4, 0.5) is 0 Å². The molecular formula is C9H9BrN2. The summed E-state index contributed by atoms with van der Waals surface area (Å²) < 4.78 is 0. The van der Waals surface area contributed by atoms with Crippen molar-refractivity contribution in [1.82, 2.24) is 9.97 Å². The number of fused-ring (bicyclic) bond motifs is 1. The monoisotopic (exact) mass is 224 g/mol. The van der Waals surface area contributed by atoms with Crippen molar-refractivity contribution in [1.29, 1.82) is 0 Å². The van der Waals surface area contributed by atoms with Crippen molar-refractivity contribution >= 4 is 27.0 Å². The zero-order chi connectivity index (χ0) is 8.55. The maximum absolute atomic E-state index is 4.23. The molecule has 0 saturated heterocycles. The van der Waals surface area contributed by atoms with Crippen molar-refractivity contribution in [3.05, 3.63) is 29.6 Å². The molecule has 2 aromatic rings. The van der Waals surface area contributed by atoms with E-state index in [1.54, 1.807) is 0 Å². The van der Waals surface area contributed by atoms with Crippen LogP contribution in [-0.2, 0) is 5.33 Å². The number of rotatable bonds is 1. The lowest BCUT2D eigenvalue weighted by molar-refractivity contribution is 1.30. The number of H-pyrrole nitrogens is 1. The summed E-state index contributed by atoms with van der Waals surface area (Å²) in [5.74, 6) is 0. The van der Waals surface area contributed by atoms with Crippen LogP contribution in [-0.4, -0.2) is 9.97 Å². The van der Waals surface area contributed by atoms with E-state index in [-0.39, 0.29) is 0 Å². The minimum Gasteiger partial charge on any atom is -0.346 e. The van der Waals surface area contributed by atoms with Crippen LogP contribution in [0, 0.1) is 6.92 Å². The highest BCUT2D eigenvalue weighted by Gasteiger charge is 2.04. The summed E-state index contributed by atoms with van der Waals surface area (Å²) in [5.41, 5.74) is 3.52. The highest BCUT2D eigenvalue weighted by Crippen LogP contribution is 2.21. The minimum absolute atomic E-state index is 0.880. The molecule has 2 heterocycles. The molecule has 0 aliphatic carbocycles. The number of nitrogens with zero attached hydrogens (tertiary/aromatic N) is 1. The summed E-state index contributed by atoms with van der Waals surface area (Å²) in [6.07, 6.45) is 3.82. The predicted octanol–water partition coefficient (Wildman–Crippen LogP) is 2.77. The van der Waals surface area contributed by atoms with Crippen molar-refractivity contribution in [2.75, 3.05) is 0 Å². The Morgan fingerprint density at radius 2 is 2.42 bits per heavy atom. The van der Waals surface area contributed by atoms with Gasteiger partial charge in [-0.05, 0) is 24.1 Å². The lowest BCUT2D eigenvalue weighted by Gasteiger charge is -1.97. The number of alkyl halides is 1. The zero-order valence-electron chi connectivity index (χ0n) is 6.76. The first-order chi connectivity index (χ1) is 5.83. The van der Waals surface area contributed by atoms with Crippen LogP contribution in [0.5, 0.6) is 0 Å². The molecule has 3 heteroatoms. The van der Waals surface area contributed by atoms with Crippen molar-refractivity contribution in [2.45, 2.75) is 12.3 Å². The van der Waals surface area contributed by atoms with Crippen molar-refractivity contribution in [3.8, 4) is 0 Å². The second kappa shape index (κ2) is 2.90. The Bertz CT molecular complexity index is 406. The molecule has 0 saturated carbocycles. The topological polar surface area (TPSA) is 28.7 Å². The molecule has 62 valence electrons. The van der Waals surface area contributed by atoms with E-state index < -0.39 is 0 Å². The molecule has 0 unspecified atom stereocenters. The van der Waals surface area contributed by atoms with E-state index in [1.807, 2.05) is 18.5 Å². The van der Waals surface area contributed by atoms with E-state index in [0.717, 1.165) is 11.0 Å². The molecule has 0 atom stereocenters. The van der Waals surface area contributed by atoms with Crippen molar-refractivity contribution in [2.24, 2.45) is 0 Å². The molecule has 0 bridgehead atoms. The Balaban J connectivity index is 2.84. The van der Waals surface area contributed by atoms with Gasteiger partial charge in [-0.2, -0.15) is 0 Å². The second-order valence-corrected chi connectivity index (χ2v) is 3.36. The van der Waals surface area contributed by atoms with Crippen LogP contribution >= 0.6 is 15.9 Å². The van der Waals surface area contributed by atoms with Gasteiger partial charge in [0.15, 0.2) is 0 Å². The highest BCUT2D eigenvalue weighted by atomic mass is 79.9. The van der Waals surface area contributed by atoms with Gasteiger partial charge in [-0.15, -0.1) is 0 Å². The normalized spacial score (nSPS) is 10.8. The van der Waals surface area contributed by atoms with E-state index in [9.17, 15) is 0 Å². The molecular weight excluding hydrogens is 216 g/mol. The van der Waals surface area contributed by atoms with E-state index in [1.165, 1.54) is 16.5 Å². The van der Waals surface area contributed by atoms with Crippen molar-refractivity contribution in [3.63, 3.8) is 0 Å². The third kappa shape index (κ3) is 1.05. The standard InChI is InChI=1S/C9H9BrN2/c1-6-5-12-9-8(6)7(4-10)2-3-11-9/h2-3,5H,4H2,1H3,(H,11,12). The SMILES string of the molecule is Cc1c[nH]c2nccc(CBr)c12. The maximum atomic E-state index is 4.23. The van der Waals surface area contributed by atoms with Gasteiger partial charge >= 0.3 is 0 Å². The fourth-order valence-electron chi connectivity index (χ4n) is 1.41. The lowest BCUT2D eigenvalue weighted by atomic mass is 10.1. The smallest absolute Gasteiger partial charge is 0.137 e. The van der Waals surface area contributed by atoms with Crippen LogP contribution in [0.1, 0.15) is 11.1 Å². The molecule has 2 aromatic heterocycles. The molecule has 0 fully saturated rings. The summed E-state index contributed by atoms with van der Waals surface area (Å²) in [5, 5.41) is 2.12. The number of aryl methyl sites for hydroxylation is 1. The highest BCUT2D eigenvalue weighted by molar-refractivity contribution is 9.08. The number of aromatic amines is 1. The van der Waals surface area contributed by atoms with E-state index in [4.69, 9.17) is 0 Å². The Hall–Kier alpha value is -0.830. The maximum Gasteiger partial charge on any atom is 0.137 e. The number of nitrogens with one attached hydrogen (secondary N) is 1. The molecule has 0 spiro atoms. The Morgan fingerprint density at radius 1 is 1.58 bits per heavy atom. The number of pyridine rings is 1. The summed E-state index contributed by atoms with van der Waals surface area (Å²) in [6.45, 7) is 2.09. The van der Waals surface area contributed by atoms with Gasteiger partial charge in [0.05, 0.1) is 0 Å². The first-order valence-corrected chi connectivity index (χ1v) is 4.92. The van der Waals surface area contributed by atoms with Crippen molar-refractivity contribution < 1.29 is 0 Å². The number of hydrogen-bond acceptors (Lipinski definition) is 1. The Kier molecular flexibility index (Phi) is 1.89. The van der Waals surface area contributed by atoms with Crippen LogP contribution in [0.2, 0.25) is 0 Å². The minimum atomic E-state index is 0.880. The molecule has 12 heavy (non-hydrogen) atoms. The van der Waals surface area contributed by atoms with Crippen LogP contribution in [0.25, 0.3) is 11.0 Å². The van der Waals surface area contributed by atoms with E-state index in [0.29, 0.717) is 0 Å². The number of hydrogen-bond donors (Lipinski definition) is 1. The Morgan fingerprint density at radius 3 is 3.17 bits per heavy atom. The molecule has 2 nitrogen and oxygen atoms in total. The van der Waals surface area contributed by atoms with Gasteiger partial charge < -0.3 is 4.98 Å². The van der Waals surface area contributed by atoms with Crippen LogP contribution in [0.15, 0.2) is 18.5 Å². The van der Waals surface area contributed by atoms with E-state index in [2.05, 4.69) is 32.8 Å². The van der Waals surface area contributed by atoms with Gasteiger partial charge in [0, 0.05) is 23.1 Å². The van der Waals surface area contributed by atoms with E-state index >= 15 is 0 Å². The summed E-state index contributed by atoms with van der Waals surface area (Å²) >= 11 is 3.46. The average molecular weight is 225 g/mol. The van der Waals surface area contributed by atoms with Gasteiger partial charge in [-0.3, -0.25) is 0 Å². The molecule has 2 rings (SSSR count). The summed E-state index contributed by atoms with van der Waals surface area (Å²) in [6, 6.07) is 2.04. The summed E-state index contributed by atoms with van der Waals surface area (Å²) in [4.78, 5) is 7.36. The fraction of sp³-hybridized carbons (Fsp3) is 0.222. The van der Waals surface area contributed by atoms with Crippen LogP contribution < -0.4 is 0 Å². The molecule has 0 amide bonds. The first-order valence-electron chi connectivity index (χ1n) is 3.80. The Labute approximate surface area is 79.1 Å². The zero-order valence-corrected chi connectivity index (χ0v) is 8.35. The van der Waals surface area contributed by atoms with Gasteiger partial charge in [0.2, 0.25) is 0 Å². The third-order valence-electron chi connectivity index (χ3n) is 2.00. The van der Waals surface area contributed by atoms with Gasteiger partial charge in [0.25, 0.3) is 0 Å². The predicted molar refractivity (Wildman–Crippen MR) is 53.5 cm³/mol. The second-order valence-electron chi connectivity index (χ2n) is 2.80. The quantitative estimate of drug-likeness (QED) is 0.742. The molecule has 0 aliphatic heterocycles. The third-order valence-corrected chi connectivity index (χ3v) is 2.61. The van der Waals surface area contributed by atoms with Gasteiger partial charge in [-0.1, -0.05) is 15.9 Å². The molecule has 0 aliphatic rings. The fourth-order valence-corrected chi connectivity index (χ4v) is 1.88. The summed E-state index contributed by atoms with van der Waals surface area (Å²) in [7, 11) is 0. The average Bonchev–Trinajstić information content (AvgIpc) is 2.48. The largest absolute Gasteiger partial charge is 0.346 e. The van der Waals surface area contributed by atoms with Crippen LogP contribution in [0.3, 0.4) is 0 Å². The van der Waals surface area contributed by atoms with Gasteiger partial charge in [0.1, 0.15) is 5.65 Å². The van der Waals surface area contributed by atoms with Gasteiger partial charge in [-0.25, -0.2) is 4.98 Å². The lowest BCUT2D eigenvalue weighted by Crippen LogP contribution is -1.83. The number of halogens is 1. The number of aromatic nitrogens is 2. The molecule has 1 N–H and O–H groups in total. The molecule has 0 aromatic carbocycles. The molecule has 0 radical (unpaired) electrons.